The number of carbonyl (C=O) groups is 1. The maximum absolute atomic E-state index is 13.1. The molecule has 8 bridgehead atoms. The zero-order chi connectivity index (χ0) is 45.4. The van der Waals surface area contributed by atoms with Gasteiger partial charge in [-0.25, -0.2) is 15.0 Å². The molecule has 2 fully saturated rings. The standard InChI is InChI=1S/C49H68N4O11/c1-7-36-31(2)40-30-45-47(35(6)55)34(5)43(51-45)28-41-33(4)38(49(52-41)39-9-8-37-32(3)42(53-48(37)39)29-44(36)50-40)10-11-46(56)64-27-26-63-25-24-62-23-22-61-21-20-60-19-18-59-17-16-58-15-14-57-13-12-54/h28-30,33,38,52,54-55H,7-27H2,1-6H3/b40-30?,41-28?,42-29?,47-35-,49-39?/t33-,38-/m0/s1. The Balaban J connectivity index is 0.940. The molecule has 5 aliphatic heterocycles. The normalized spacial score (nSPS) is 21.1. The fraction of sp³-hybridized carbons (Fsp3) is 0.592. The summed E-state index contributed by atoms with van der Waals surface area (Å²) >= 11 is 0. The molecule has 2 atom stereocenters. The molecule has 5 heterocycles. The van der Waals surface area contributed by atoms with Crippen LogP contribution in [0.1, 0.15) is 73.6 Å². The van der Waals surface area contributed by atoms with Crippen molar-refractivity contribution in [3.63, 3.8) is 0 Å². The number of ether oxygens (including phenoxy) is 8. The monoisotopic (exact) mass is 888 g/mol. The Morgan fingerprint density at radius 2 is 1.22 bits per heavy atom. The Morgan fingerprint density at radius 3 is 1.78 bits per heavy atom. The molecule has 0 unspecified atom stereocenters. The van der Waals surface area contributed by atoms with Gasteiger partial charge in [0.25, 0.3) is 0 Å². The first-order valence-electron chi connectivity index (χ1n) is 22.9. The number of aliphatic hydroxyl groups is 2. The SMILES string of the molecule is CCC1=C(C)C2=CC3=NC(=C(C)/C3=C(\C)O)C=C3NC(=C4CCC5=C(C)C(=CC1=N2)N=C54)[C@@H](CCC(=O)OCCOCCOCCOCCOCCOCCOCCOCCO)[C@@H]3C. The molecule has 0 amide bonds. The van der Waals surface area contributed by atoms with Gasteiger partial charge >= 0.3 is 5.97 Å². The van der Waals surface area contributed by atoms with Crippen molar-refractivity contribution in [3.8, 4) is 0 Å². The molecule has 1 saturated carbocycles. The molecule has 6 aliphatic rings. The zero-order valence-electron chi connectivity index (χ0n) is 38.6. The van der Waals surface area contributed by atoms with Crippen molar-refractivity contribution in [2.45, 2.75) is 73.6 Å². The molecule has 15 nitrogen and oxygen atoms in total. The smallest absolute Gasteiger partial charge is 0.305 e. The molecule has 0 aromatic rings. The minimum atomic E-state index is -0.259. The van der Waals surface area contributed by atoms with Crippen molar-refractivity contribution in [3.05, 3.63) is 91.5 Å². The third kappa shape index (κ3) is 12.7. The van der Waals surface area contributed by atoms with Gasteiger partial charge in [-0.15, -0.1) is 0 Å². The van der Waals surface area contributed by atoms with Crippen LogP contribution in [0, 0.1) is 11.8 Å². The summed E-state index contributed by atoms with van der Waals surface area (Å²) in [5.41, 5.74) is 15.0. The number of carbonyl (C=O) groups excluding carboxylic acids is 1. The van der Waals surface area contributed by atoms with Gasteiger partial charge < -0.3 is 53.4 Å². The number of hydrogen-bond donors (Lipinski definition) is 3. The van der Waals surface area contributed by atoms with E-state index in [1.807, 2.05) is 13.0 Å². The van der Waals surface area contributed by atoms with Crippen LogP contribution in [0.5, 0.6) is 0 Å². The van der Waals surface area contributed by atoms with Crippen molar-refractivity contribution in [1.82, 2.24) is 5.32 Å². The number of fused-ring (bicyclic) bond motifs is 5. The van der Waals surface area contributed by atoms with Crippen LogP contribution in [-0.2, 0) is 42.7 Å². The Labute approximate surface area is 378 Å². The molecule has 1 aliphatic carbocycles. The van der Waals surface area contributed by atoms with E-state index in [0.717, 1.165) is 75.9 Å². The number of allylic oxidation sites excluding steroid dienone is 13. The third-order valence-electron chi connectivity index (χ3n) is 12.2. The topological polar surface area (TPSA) is 180 Å². The van der Waals surface area contributed by atoms with E-state index >= 15 is 0 Å². The van der Waals surface area contributed by atoms with Gasteiger partial charge in [0.15, 0.2) is 0 Å². The number of hydrogen-bond acceptors (Lipinski definition) is 15. The van der Waals surface area contributed by atoms with E-state index in [4.69, 9.17) is 58.0 Å². The van der Waals surface area contributed by atoms with Crippen LogP contribution in [0.3, 0.4) is 0 Å². The summed E-state index contributed by atoms with van der Waals surface area (Å²) in [6, 6.07) is 0. The molecule has 64 heavy (non-hydrogen) atoms. The van der Waals surface area contributed by atoms with Crippen molar-refractivity contribution < 1.29 is 52.9 Å². The number of nitrogens with zero attached hydrogens (tertiary/aromatic N) is 3. The second kappa shape index (κ2) is 24.8. The van der Waals surface area contributed by atoms with E-state index in [2.05, 4.69) is 45.2 Å². The quantitative estimate of drug-likeness (QED) is 0.0464. The molecule has 6 rings (SSSR count). The summed E-state index contributed by atoms with van der Waals surface area (Å²) in [7, 11) is 0. The molecule has 15 heteroatoms. The number of nitrogens with one attached hydrogen (secondary N) is 1. The summed E-state index contributed by atoms with van der Waals surface area (Å²) in [5.74, 6) is 0.0630. The molecule has 1 saturated heterocycles. The Kier molecular flexibility index (Phi) is 19.1. The molecule has 0 spiro atoms. The summed E-state index contributed by atoms with van der Waals surface area (Å²) in [5, 5.41) is 23.3. The van der Waals surface area contributed by atoms with Crippen molar-refractivity contribution in [1.29, 1.82) is 0 Å². The maximum Gasteiger partial charge on any atom is 0.305 e. The number of aliphatic hydroxyl groups excluding tert-OH is 2. The van der Waals surface area contributed by atoms with Crippen molar-refractivity contribution >= 4 is 23.1 Å². The minimum Gasteiger partial charge on any atom is -0.512 e. The summed E-state index contributed by atoms with van der Waals surface area (Å²) in [6.45, 7) is 18.6. The van der Waals surface area contributed by atoms with Gasteiger partial charge in [0.1, 0.15) is 6.61 Å². The number of rotatable bonds is 27. The highest BCUT2D eigenvalue weighted by atomic mass is 16.6. The van der Waals surface area contributed by atoms with Gasteiger partial charge in [-0.05, 0) is 105 Å². The predicted molar refractivity (Wildman–Crippen MR) is 245 cm³/mol. The lowest BCUT2D eigenvalue weighted by atomic mass is 9.86. The van der Waals surface area contributed by atoms with E-state index in [9.17, 15) is 9.90 Å². The third-order valence-corrected chi connectivity index (χ3v) is 12.2. The zero-order valence-corrected chi connectivity index (χ0v) is 38.6. The van der Waals surface area contributed by atoms with E-state index < -0.39 is 0 Å². The highest BCUT2D eigenvalue weighted by Crippen LogP contribution is 2.46. The summed E-state index contributed by atoms with van der Waals surface area (Å²) in [4.78, 5) is 28.5. The molecular formula is C49H68N4O11. The fourth-order valence-electron chi connectivity index (χ4n) is 8.70. The molecule has 0 aromatic carbocycles. The lowest BCUT2D eigenvalue weighted by molar-refractivity contribution is -0.145. The van der Waals surface area contributed by atoms with Gasteiger partial charge in [0.05, 0.1) is 139 Å². The average molecular weight is 889 g/mol. The van der Waals surface area contributed by atoms with Gasteiger partial charge in [-0.2, -0.15) is 0 Å². The van der Waals surface area contributed by atoms with Gasteiger partial charge in [-0.3, -0.25) is 4.79 Å². The highest BCUT2D eigenvalue weighted by Gasteiger charge is 2.40. The lowest BCUT2D eigenvalue weighted by Crippen LogP contribution is -2.17. The first kappa shape index (κ1) is 49.1. The first-order chi connectivity index (χ1) is 31.1. The van der Waals surface area contributed by atoms with E-state index in [0.29, 0.717) is 98.0 Å². The van der Waals surface area contributed by atoms with Crippen LogP contribution in [0.4, 0.5) is 0 Å². The molecule has 350 valence electrons. The average Bonchev–Trinajstić information content (AvgIpc) is 4.06. The van der Waals surface area contributed by atoms with Crippen molar-refractivity contribution in [2.24, 2.45) is 26.8 Å². The number of esters is 1. The fourth-order valence-corrected chi connectivity index (χ4v) is 8.70. The van der Waals surface area contributed by atoms with Crippen molar-refractivity contribution in [2.75, 3.05) is 106 Å². The summed E-state index contributed by atoms with van der Waals surface area (Å²) < 4.78 is 43.8. The van der Waals surface area contributed by atoms with Crippen LogP contribution in [0.2, 0.25) is 0 Å². The Morgan fingerprint density at radius 1 is 0.688 bits per heavy atom. The Bertz CT molecular complexity index is 2060. The molecule has 0 aromatic heterocycles. The second-order valence-electron chi connectivity index (χ2n) is 16.3. The van der Waals surface area contributed by atoms with E-state index in [1.165, 1.54) is 22.3 Å². The van der Waals surface area contributed by atoms with Crippen LogP contribution < -0.4 is 5.32 Å². The van der Waals surface area contributed by atoms with Crippen LogP contribution in [0.25, 0.3) is 0 Å². The van der Waals surface area contributed by atoms with Gasteiger partial charge in [0, 0.05) is 35.2 Å². The Hall–Kier alpha value is -4.32. The first-order valence-corrected chi connectivity index (χ1v) is 22.9. The maximum atomic E-state index is 13.1. The summed E-state index contributed by atoms with van der Waals surface area (Å²) in [6.07, 6.45) is 9.72. The van der Waals surface area contributed by atoms with Gasteiger partial charge in [0.2, 0.25) is 0 Å². The van der Waals surface area contributed by atoms with Crippen LogP contribution in [0.15, 0.2) is 106 Å². The highest BCUT2D eigenvalue weighted by molar-refractivity contribution is 6.20. The van der Waals surface area contributed by atoms with Crippen LogP contribution in [-0.4, -0.2) is 139 Å². The minimum absolute atomic E-state index is 0.0127. The van der Waals surface area contributed by atoms with E-state index in [-0.39, 0.29) is 49.8 Å². The second-order valence-corrected chi connectivity index (χ2v) is 16.3. The number of aliphatic imine (C=N–C) groups is 3. The largest absolute Gasteiger partial charge is 0.512 e. The van der Waals surface area contributed by atoms with Gasteiger partial charge in [-0.1, -0.05) is 13.8 Å². The lowest BCUT2D eigenvalue weighted by Gasteiger charge is -2.17. The molecular weight excluding hydrogens is 821 g/mol. The predicted octanol–water partition coefficient (Wildman–Crippen LogP) is 6.50. The molecule has 3 N–H and O–H groups in total. The van der Waals surface area contributed by atoms with Crippen LogP contribution >= 0.6 is 0 Å². The van der Waals surface area contributed by atoms with E-state index in [1.54, 1.807) is 6.92 Å². The molecule has 0 radical (unpaired) electrons.